The average molecular weight is 247 g/mol. The average Bonchev–Trinajstić information content (AvgIpc) is 2.92. The summed E-state index contributed by atoms with van der Waals surface area (Å²) >= 11 is 0. The Bertz CT molecular complexity index is 327. The number of hydrogen-bond donors (Lipinski definition) is 1. The van der Waals surface area contributed by atoms with Gasteiger partial charge in [-0.05, 0) is 49.4 Å². The van der Waals surface area contributed by atoms with Crippen LogP contribution < -0.4 is 10.1 Å². The molecule has 18 heavy (non-hydrogen) atoms. The van der Waals surface area contributed by atoms with E-state index in [4.69, 9.17) is 4.74 Å². The second-order valence-electron chi connectivity index (χ2n) is 5.20. The van der Waals surface area contributed by atoms with Crippen molar-refractivity contribution in [3.8, 4) is 5.75 Å². The van der Waals surface area contributed by atoms with Gasteiger partial charge in [-0.2, -0.15) is 0 Å². The zero-order chi connectivity index (χ0) is 12.6. The summed E-state index contributed by atoms with van der Waals surface area (Å²) in [6, 6.07) is 8.41. The molecule has 0 spiro atoms. The lowest BCUT2D eigenvalue weighted by molar-refractivity contribution is 0.309. The van der Waals surface area contributed by atoms with Crippen LogP contribution >= 0.6 is 0 Å². The first-order valence-electron chi connectivity index (χ1n) is 7.31. The van der Waals surface area contributed by atoms with Crippen LogP contribution in [0.25, 0.3) is 0 Å². The van der Waals surface area contributed by atoms with Gasteiger partial charge in [-0.1, -0.05) is 31.9 Å². The van der Waals surface area contributed by atoms with Crippen molar-refractivity contribution in [2.75, 3.05) is 19.7 Å². The van der Waals surface area contributed by atoms with Crippen molar-refractivity contribution in [2.45, 2.75) is 39.0 Å². The molecule has 0 radical (unpaired) electrons. The Morgan fingerprint density at radius 2 is 1.89 bits per heavy atom. The van der Waals surface area contributed by atoms with Gasteiger partial charge in [0.05, 0.1) is 0 Å². The third-order valence-corrected chi connectivity index (χ3v) is 3.79. The van der Waals surface area contributed by atoms with E-state index in [2.05, 4.69) is 36.5 Å². The van der Waals surface area contributed by atoms with Gasteiger partial charge in [0.2, 0.25) is 0 Å². The summed E-state index contributed by atoms with van der Waals surface area (Å²) in [4.78, 5) is 0. The summed E-state index contributed by atoms with van der Waals surface area (Å²) in [5, 5.41) is 3.50. The molecule has 2 rings (SSSR count). The molecular weight excluding hydrogens is 222 g/mol. The molecule has 0 saturated heterocycles. The largest absolute Gasteiger partial charge is 0.492 e. The molecule has 1 aliphatic carbocycles. The summed E-state index contributed by atoms with van der Waals surface area (Å²) < 4.78 is 5.71. The maximum Gasteiger partial charge on any atom is 0.119 e. The third-order valence-electron chi connectivity index (χ3n) is 3.79. The first-order valence-corrected chi connectivity index (χ1v) is 7.31. The molecule has 0 heterocycles. The van der Waals surface area contributed by atoms with Gasteiger partial charge in [-0.25, -0.2) is 0 Å². The monoisotopic (exact) mass is 247 g/mol. The van der Waals surface area contributed by atoms with E-state index < -0.39 is 0 Å². The van der Waals surface area contributed by atoms with E-state index in [1.54, 1.807) is 0 Å². The highest BCUT2D eigenvalue weighted by Gasteiger charge is 2.13. The highest BCUT2D eigenvalue weighted by atomic mass is 16.5. The molecule has 1 aromatic rings. The van der Waals surface area contributed by atoms with Gasteiger partial charge in [0.25, 0.3) is 0 Å². The first kappa shape index (κ1) is 13.4. The van der Waals surface area contributed by atoms with Crippen molar-refractivity contribution < 1.29 is 4.74 Å². The molecule has 0 unspecified atom stereocenters. The fourth-order valence-corrected chi connectivity index (χ4v) is 2.58. The summed E-state index contributed by atoms with van der Waals surface area (Å²) in [5.41, 5.74) is 1.36. The van der Waals surface area contributed by atoms with E-state index >= 15 is 0 Å². The molecule has 1 aliphatic rings. The Labute approximate surface area is 111 Å². The lowest BCUT2D eigenvalue weighted by Crippen LogP contribution is -2.26. The smallest absolute Gasteiger partial charge is 0.119 e. The number of nitrogens with one attached hydrogen (secondary N) is 1. The Morgan fingerprint density at radius 1 is 1.17 bits per heavy atom. The molecule has 0 bridgehead atoms. The highest BCUT2D eigenvalue weighted by Crippen LogP contribution is 2.23. The van der Waals surface area contributed by atoms with Gasteiger partial charge in [0.15, 0.2) is 0 Å². The van der Waals surface area contributed by atoms with Crippen LogP contribution in [0.5, 0.6) is 5.75 Å². The molecule has 0 amide bonds. The van der Waals surface area contributed by atoms with Gasteiger partial charge in [0, 0.05) is 6.54 Å². The van der Waals surface area contributed by atoms with Crippen molar-refractivity contribution in [1.82, 2.24) is 5.32 Å². The van der Waals surface area contributed by atoms with Crippen molar-refractivity contribution in [2.24, 2.45) is 5.92 Å². The van der Waals surface area contributed by atoms with E-state index in [1.807, 2.05) is 0 Å². The summed E-state index contributed by atoms with van der Waals surface area (Å²) in [7, 11) is 0. The fourth-order valence-electron chi connectivity index (χ4n) is 2.58. The van der Waals surface area contributed by atoms with Gasteiger partial charge in [-0.15, -0.1) is 0 Å². The minimum atomic E-state index is 0.762. The Hall–Kier alpha value is -1.02. The maximum atomic E-state index is 5.71. The van der Waals surface area contributed by atoms with E-state index in [0.29, 0.717) is 0 Å². The molecule has 2 nitrogen and oxygen atoms in total. The van der Waals surface area contributed by atoms with Crippen molar-refractivity contribution >= 4 is 0 Å². The normalized spacial score (nSPS) is 16.1. The number of rotatable bonds is 7. The quantitative estimate of drug-likeness (QED) is 0.746. The SMILES string of the molecule is CCc1ccc(OCCNCC2CCCC2)cc1. The molecule has 1 N–H and O–H groups in total. The second kappa shape index (κ2) is 7.42. The van der Waals surface area contributed by atoms with Crippen LogP contribution in [-0.4, -0.2) is 19.7 Å². The van der Waals surface area contributed by atoms with Crippen LogP contribution in [0, 0.1) is 5.92 Å². The highest BCUT2D eigenvalue weighted by molar-refractivity contribution is 5.27. The van der Waals surface area contributed by atoms with Crippen LogP contribution in [-0.2, 0) is 6.42 Å². The van der Waals surface area contributed by atoms with Gasteiger partial charge in [0.1, 0.15) is 12.4 Å². The van der Waals surface area contributed by atoms with Crippen LogP contribution in [0.3, 0.4) is 0 Å². The number of ether oxygens (including phenoxy) is 1. The zero-order valence-electron chi connectivity index (χ0n) is 11.5. The Kier molecular flexibility index (Phi) is 5.53. The third kappa shape index (κ3) is 4.34. The molecule has 1 saturated carbocycles. The van der Waals surface area contributed by atoms with Crippen LogP contribution in [0.2, 0.25) is 0 Å². The minimum Gasteiger partial charge on any atom is -0.492 e. The Morgan fingerprint density at radius 3 is 2.56 bits per heavy atom. The fraction of sp³-hybridized carbons (Fsp3) is 0.625. The minimum absolute atomic E-state index is 0.762. The summed E-state index contributed by atoms with van der Waals surface area (Å²) in [5.74, 6) is 1.89. The topological polar surface area (TPSA) is 21.3 Å². The van der Waals surface area contributed by atoms with Gasteiger partial charge < -0.3 is 10.1 Å². The second-order valence-corrected chi connectivity index (χ2v) is 5.20. The summed E-state index contributed by atoms with van der Waals surface area (Å²) in [6.45, 7) is 5.05. The van der Waals surface area contributed by atoms with E-state index in [9.17, 15) is 0 Å². The molecule has 0 aromatic heterocycles. The Balaban J connectivity index is 1.56. The summed E-state index contributed by atoms with van der Waals surface area (Å²) in [6.07, 6.45) is 6.75. The molecule has 2 heteroatoms. The standard InChI is InChI=1S/C16H25NO/c1-2-14-7-9-16(10-8-14)18-12-11-17-13-15-5-3-4-6-15/h7-10,15,17H,2-6,11-13H2,1H3. The maximum absolute atomic E-state index is 5.71. The predicted octanol–water partition coefficient (Wildman–Crippen LogP) is 3.41. The molecule has 1 fully saturated rings. The van der Waals surface area contributed by atoms with Crippen molar-refractivity contribution in [3.63, 3.8) is 0 Å². The lowest BCUT2D eigenvalue weighted by atomic mass is 10.1. The van der Waals surface area contributed by atoms with Crippen LogP contribution in [0.1, 0.15) is 38.2 Å². The molecule has 0 aliphatic heterocycles. The van der Waals surface area contributed by atoms with Gasteiger partial charge >= 0.3 is 0 Å². The predicted molar refractivity (Wildman–Crippen MR) is 76.1 cm³/mol. The molecule has 1 aromatic carbocycles. The van der Waals surface area contributed by atoms with Gasteiger partial charge in [-0.3, -0.25) is 0 Å². The molecular formula is C16H25NO. The van der Waals surface area contributed by atoms with Crippen LogP contribution in [0.4, 0.5) is 0 Å². The van der Waals surface area contributed by atoms with Crippen molar-refractivity contribution in [3.05, 3.63) is 29.8 Å². The molecule has 0 atom stereocenters. The number of benzene rings is 1. The van der Waals surface area contributed by atoms with E-state index in [-0.39, 0.29) is 0 Å². The first-order chi connectivity index (χ1) is 8.88. The van der Waals surface area contributed by atoms with Crippen LogP contribution in [0.15, 0.2) is 24.3 Å². The van der Waals surface area contributed by atoms with E-state index in [1.165, 1.54) is 31.2 Å². The zero-order valence-corrected chi connectivity index (χ0v) is 11.5. The number of aryl methyl sites for hydroxylation is 1. The lowest BCUT2D eigenvalue weighted by Gasteiger charge is -2.11. The number of hydrogen-bond acceptors (Lipinski definition) is 2. The molecule has 100 valence electrons. The van der Waals surface area contributed by atoms with Crippen molar-refractivity contribution in [1.29, 1.82) is 0 Å². The van der Waals surface area contributed by atoms with E-state index in [0.717, 1.165) is 37.8 Å².